The number of nitrogens with one attached hydrogen (secondary N) is 1. The first kappa shape index (κ1) is 18.8. The summed E-state index contributed by atoms with van der Waals surface area (Å²) in [5, 5.41) is 3.21. The predicted molar refractivity (Wildman–Crippen MR) is 104 cm³/mol. The number of carbonyl (C=O) groups is 1. The van der Waals surface area contributed by atoms with Gasteiger partial charge in [-0.2, -0.15) is 0 Å². The molecule has 1 aromatic heterocycles. The van der Waals surface area contributed by atoms with Gasteiger partial charge in [-0.25, -0.2) is 0 Å². The Morgan fingerprint density at radius 1 is 1.04 bits per heavy atom. The monoisotopic (exact) mass is 340 g/mol. The molecular formula is C20H28N4O. The van der Waals surface area contributed by atoms with E-state index in [1.807, 2.05) is 31.3 Å². The van der Waals surface area contributed by atoms with Gasteiger partial charge in [-0.15, -0.1) is 0 Å². The number of carbonyl (C=O) groups excluding carboxylic acids is 1. The normalized spacial score (nSPS) is 10.4. The highest BCUT2D eigenvalue weighted by Crippen LogP contribution is 2.17. The molecule has 0 aliphatic rings. The number of nitrogens with zero attached hydrogens (tertiary/aromatic N) is 3. The second kappa shape index (κ2) is 9.67. The first-order valence-electron chi connectivity index (χ1n) is 8.85. The van der Waals surface area contributed by atoms with Gasteiger partial charge in [0.05, 0.1) is 6.54 Å². The average molecular weight is 340 g/mol. The van der Waals surface area contributed by atoms with Crippen molar-refractivity contribution in [1.82, 2.24) is 9.88 Å². The first-order chi connectivity index (χ1) is 12.1. The average Bonchev–Trinajstić information content (AvgIpc) is 2.67. The van der Waals surface area contributed by atoms with E-state index < -0.39 is 0 Å². The molecule has 1 heterocycles. The van der Waals surface area contributed by atoms with Crippen molar-refractivity contribution in [2.45, 2.75) is 20.3 Å². The van der Waals surface area contributed by atoms with Gasteiger partial charge in [0.1, 0.15) is 0 Å². The van der Waals surface area contributed by atoms with Crippen LogP contribution in [0.4, 0.5) is 11.4 Å². The van der Waals surface area contributed by atoms with Crippen molar-refractivity contribution in [1.29, 1.82) is 0 Å². The topological polar surface area (TPSA) is 48.5 Å². The number of anilines is 2. The molecule has 0 aliphatic carbocycles. The number of rotatable bonds is 9. The lowest BCUT2D eigenvalue weighted by atomic mass is 10.2. The van der Waals surface area contributed by atoms with Gasteiger partial charge in [0, 0.05) is 50.5 Å². The Balaban J connectivity index is 1.78. The molecule has 0 spiro atoms. The fraction of sp³-hybridized carbons (Fsp3) is 0.400. The molecule has 25 heavy (non-hydrogen) atoms. The van der Waals surface area contributed by atoms with Crippen LogP contribution in [0.3, 0.4) is 0 Å². The number of amides is 1. The Labute approximate surface area is 150 Å². The van der Waals surface area contributed by atoms with Gasteiger partial charge in [0.25, 0.3) is 0 Å². The van der Waals surface area contributed by atoms with Crippen molar-refractivity contribution in [2.24, 2.45) is 0 Å². The molecule has 0 atom stereocenters. The Hall–Kier alpha value is -2.56. The fourth-order valence-corrected chi connectivity index (χ4v) is 2.66. The molecule has 0 aliphatic heterocycles. The standard InChI is InChI=1S/C20H28N4O/c1-4-24(5-2)19-8-6-18(7-9-19)22-16-20(25)23(3)15-12-17-10-13-21-14-11-17/h6-11,13-14,22H,4-5,12,15-16H2,1-3H3. The van der Waals surface area contributed by atoms with Crippen LogP contribution in [0.25, 0.3) is 0 Å². The van der Waals surface area contributed by atoms with Crippen LogP contribution in [0.15, 0.2) is 48.8 Å². The van der Waals surface area contributed by atoms with Crippen LogP contribution in [0.1, 0.15) is 19.4 Å². The predicted octanol–water partition coefficient (Wildman–Crippen LogP) is 3.04. The largest absolute Gasteiger partial charge is 0.376 e. The zero-order valence-electron chi connectivity index (χ0n) is 15.4. The maximum absolute atomic E-state index is 12.2. The Morgan fingerprint density at radius 3 is 2.28 bits per heavy atom. The van der Waals surface area contributed by atoms with Gasteiger partial charge in [0.15, 0.2) is 0 Å². The maximum Gasteiger partial charge on any atom is 0.241 e. The molecule has 0 bridgehead atoms. The van der Waals surface area contributed by atoms with Crippen molar-refractivity contribution >= 4 is 17.3 Å². The number of benzene rings is 1. The highest BCUT2D eigenvalue weighted by atomic mass is 16.2. The van der Waals surface area contributed by atoms with Gasteiger partial charge in [0.2, 0.25) is 5.91 Å². The minimum absolute atomic E-state index is 0.0851. The van der Waals surface area contributed by atoms with Crippen molar-refractivity contribution < 1.29 is 4.79 Å². The quantitative estimate of drug-likeness (QED) is 0.762. The molecule has 0 fully saturated rings. The minimum atomic E-state index is 0.0851. The summed E-state index contributed by atoms with van der Waals surface area (Å²) in [6, 6.07) is 12.2. The Kier molecular flexibility index (Phi) is 7.26. The van der Waals surface area contributed by atoms with Gasteiger partial charge in [-0.05, 0) is 62.2 Å². The smallest absolute Gasteiger partial charge is 0.241 e. The summed E-state index contributed by atoms with van der Waals surface area (Å²) in [5.74, 6) is 0.0851. The van der Waals surface area contributed by atoms with Crippen molar-refractivity contribution in [3.63, 3.8) is 0 Å². The lowest BCUT2D eigenvalue weighted by molar-refractivity contribution is -0.127. The second-order valence-corrected chi connectivity index (χ2v) is 5.99. The lowest BCUT2D eigenvalue weighted by Gasteiger charge is -2.21. The molecule has 1 amide bonds. The van der Waals surface area contributed by atoms with Crippen LogP contribution >= 0.6 is 0 Å². The molecular weight excluding hydrogens is 312 g/mol. The SMILES string of the molecule is CCN(CC)c1ccc(NCC(=O)N(C)CCc2ccncc2)cc1. The summed E-state index contributed by atoms with van der Waals surface area (Å²) < 4.78 is 0. The number of likely N-dealkylation sites (N-methyl/N-ethyl adjacent to an activating group) is 1. The maximum atomic E-state index is 12.2. The van der Waals surface area contributed by atoms with E-state index in [-0.39, 0.29) is 5.91 Å². The van der Waals surface area contributed by atoms with Gasteiger partial charge >= 0.3 is 0 Å². The minimum Gasteiger partial charge on any atom is -0.376 e. The van der Waals surface area contributed by atoms with Crippen LogP contribution in [0.5, 0.6) is 0 Å². The van der Waals surface area contributed by atoms with E-state index in [0.717, 1.165) is 25.2 Å². The fourth-order valence-electron chi connectivity index (χ4n) is 2.66. The van der Waals surface area contributed by atoms with E-state index >= 15 is 0 Å². The summed E-state index contributed by atoms with van der Waals surface area (Å²) in [5.41, 5.74) is 3.36. The van der Waals surface area contributed by atoms with E-state index in [9.17, 15) is 4.79 Å². The molecule has 5 nitrogen and oxygen atoms in total. The first-order valence-corrected chi connectivity index (χ1v) is 8.85. The van der Waals surface area contributed by atoms with Gasteiger partial charge in [-0.3, -0.25) is 9.78 Å². The third-order valence-corrected chi connectivity index (χ3v) is 4.35. The van der Waals surface area contributed by atoms with Crippen LogP contribution < -0.4 is 10.2 Å². The number of aromatic nitrogens is 1. The van der Waals surface area contributed by atoms with Crippen molar-refractivity contribution in [3.8, 4) is 0 Å². The zero-order valence-corrected chi connectivity index (χ0v) is 15.4. The van der Waals surface area contributed by atoms with Crippen molar-refractivity contribution in [2.75, 3.05) is 43.4 Å². The Morgan fingerprint density at radius 2 is 1.68 bits per heavy atom. The molecule has 5 heteroatoms. The highest BCUT2D eigenvalue weighted by molar-refractivity contribution is 5.80. The number of pyridine rings is 1. The Bertz CT molecular complexity index is 639. The molecule has 2 rings (SSSR count). The lowest BCUT2D eigenvalue weighted by Crippen LogP contribution is -2.33. The zero-order chi connectivity index (χ0) is 18.1. The molecule has 1 N–H and O–H groups in total. The third kappa shape index (κ3) is 5.78. The second-order valence-electron chi connectivity index (χ2n) is 5.99. The van der Waals surface area contributed by atoms with Crippen LogP contribution in [-0.4, -0.2) is 49.0 Å². The van der Waals surface area contributed by atoms with Crippen LogP contribution in [-0.2, 0) is 11.2 Å². The van der Waals surface area contributed by atoms with Crippen molar-refractivity contribution in [3.05, 3.63) is 54.4 Å². The molecule has 134 valence electrons. The molecule has 2 aromatic rings. The number of hydrogen-bond acceptors (Lipinski definition) is 4. The van der Waals surface area contributed by atoms with E-state index in [2.05, 4.69) is 41.2 Å². The van der Waals surface area contributed by atoms with E-state index in [1.54, 1.807) is 17.3 Å². The summed E-state index contributed by atoms with van der Waals surface area (Å²) in [6.07, 6.45) is 4.39. The molecule has 0 radical (unpaired) electrons. The summed E-state index contributed by atoms with van der Waals surface area (Å²) in [7, 11) is 1.84. The van der Waals surface area contributed by atoms with Gasteiger partial charge in [-0.1, -0.05) is 0 Å². The van der Waals surface area contributed by atoms with E-state index in [1.165, 1.54) is 11.3 Å². The summed E-state index contributed by atoms with van der Waals surface area (Å²) in [6.45, 7) is 7.28. The highest BCUT2D eigenvalue weighted by Gasteiger charge is 2.09. The van der Waals surface area contributed by atoms with Crippen LogP contribution in [0, 0.1) is 0 Å². The summed E-state index contributed by atoms with van der Waals surface area (Å²) >= 11 is 0. The summed E-state index contributed by atoms with van der Waals surface area (Å²) in [4.78, 5) is 20.3. The molecule has 0 unspecified atom stereocenters. The number of hydrogen-bond donors (Lipinski definition) is 1. The van der Waals surface area contributed by atoms with E-state index in [0.29, 0.717) is 13.1 Å². The van der Waals surface area contributed by atoms with Crippen LogP contribution in [0.2, 0.25) is 0 Å². The van der Waals surface area contributed by atoms with Gasteiger partial charge < -0.3 is 15.1 Å². The molecule has 1 aromatic carbocycles. The molecule has 0 saturated carbocycles. The van der Waals surface area contributed by atoms with E-state index in [4.69, 9.17) is 0 Å². The third-order valence-electron chi connectivity index (χ3n) is 4.35. The molecule has 0 saturated heterocycles.